The summed E-state index contributed by atoms with van der Waals surface area (Å²) in [5.41, 5.74) is 9.18. The Kier molecular flexibility index (Phi) is 6.86. The Hall–Kier alpha value is -2.73. The zero-order valence-electron chi connectivity index (χ0n) is 15.1. The van der Waals surface area contributed by atoms with Crippen LogP contribution in [0.3, 0.4) is 0 Å². The van der Waals surface area contributed by atoms with Crippen LogP contribution in [0.4, 0.5) is 5.69 Å². The second-order valence-electron chi connectivity index (χ2n) is 6.66. The van der Waals surface area contributed by atoms with E-state index in [1.807, 2.05) is 12.1 Å². The topological polar surface area (TPSA) is 98.3 Å². The van der Waals surface area contributed by atoms with Crippen LogP contribution in [0, 0.1) is 10.1 Å². The average molecular weight is 355 g/mol. The molecule has 0 aromatic heterocycles. The van der Waals surface area contributed by atoms with Crippen molar-refractivity contribution in [3.63, 3.8) is 0 Å². The minimum atomic E-state index is -0.437. The number of nitrogens with one attached hydrogen (secondary N) is 1. The van der Waals surface area contributed by atoms with Crippen molar-refractivity contribution in [2.45, 2.75) is 38.6 Å². The average Bonchev–Trinajstić information content (AvgIpc) is 2.64. The number of benzene rings is 2. The van der Waals surface area contributed by atoms with E-state index in [1.54, 1.807) is 12.1 Å². The van der Waals surface area contributed by atoms with Crippen molar-refractivity contribution < 1.29 is 9.72 Å². The Morgan fingerprint density at radius 1 is 1.15 bits per heavy atom. The summed E-state index contributed by atoms with van der Waals surface area (Å²) in [6, 6.07) is 14.2. The van der Waals surface area contributed by atoms with Crippen molar-refractivity contribution in [1.29, 1.82) is 0 Å². The number of carbonyl (C=O) groups excluding carboxylic acids is 1. The molecule has 0 fully saturated rings. The lowest BCUT2D eigenvalue weighted by molar-refractivity contribution is -0.384. The summed E-state index contributed by atoms with van der Waals surface area (Å²) in [4.78, 5) is 22.4. The molecule has 6 nitrogen and oxygen atoms in total. The number of nitro groups is 1. The summed E-state index contributed by atoms with van der Waals surface area (Å²) >= 11 is 0. The molecule has 0 radical (unpaired) electrons. The molecule has 0 aliphatic rings. The fourth-order valence-electron chi connectivity index (χ4n) is 2.64. The normalized spacial score (nSPS) is 12.0. The number of rotatable bonds is 8. The Morgan fingerprint density at radius 2 is 1.81 bits per heavy atom. The predicted octanol–water partition coefficient (Wildman–Crippen LogP) is 3.47. The maximum atomic E-state index is 12.0. The summed E-state index contributed by atoms with van der Waals surface area (Å²) < 4.78 is 0. The van der Waals surface area contributed by atoms with Crippen molar-refractivity contribution in [1.82, 2.24) is 5.32 Å². The lowest BCUT2D eigenvalue weighted by Crippen LogP contribution is -2.32. The molecular weight excluding hydrogens is 330 g/mol. The van der Waals surface area contributed by atoms with Gasteiger partial charge in [-0.1, -0.05) is 50.2 Å². The van der Waals surface area contributed by atoms with E-state index >= 15 is 0 Å². The molecule has 0 bridgehead atoms. The van der Waals surface area contributed by atoms with E-state index in [0.717, 1.165) is 11.1 Å². The number of carbonyl (C=O) groups is 1. The van der Waals surface area contributed by atoms with Gasteiger partial charge in [-0.2, -0.15) is 0 Å². The molecule has 1 amide bonds. The monoisotopic (exact) mass is 355 g/mol. The van der Waals surface area contributed by atoms with E-state index in [-0.39, 0.29) is 24.1 Å². The molecule has 138 valence electrons. The van der Waals surface area contributed by atoms with Gasteiger partial charge in [0.2, 0.25) is 5.91 Å². The van der Waals surface area contributed by atoms with Gasteiger partial charge in [-0.05, 0) is 29.0 Å². The van der Waals surface area contributed by atoms with Crippen LogP contribution in [0.25, 0.3) is 0 Å². The fourth-order valence-corrected chi connectivity index (χ4v) is 2.64. The van der Waals surface area contributed by atoms with Crippen molar-refractivity contribution in [3.8, 4) is 0 Å². The van der Waals surface area contributed by atoms with Crippen LogP contribution in [0.5, 0.6) is 0 Å². The first-order valence-electron chi connectivity index (χ1n) is 8.72. The second-order valence-corrected chi connectivity index (χ2v) is 6.66. The predicted molar refractivity (Wildman–Crippen MR) is 102 cm³/mol. The van der Waals surface area contributed by atoms with E-state index in [0.29, 0.717) is 18.9 Å². The summed E-state index contributed by atoms with van der Waals surface area (Å²) in [5, 5.41) is 13.6. The number of nitrogens with zero attached hydrogens (tertiary/aromatic N) is 1. The number of non-ortho nitro benzene ring substituents is 1. The quantitative estimate of drug-likeness (QED) is 0.559. The molecule has 0 spiro atoms. The number of amides is 1. The standard InChI is InChI=1S/C20H25N3O3/c1-14(2)16-7-9-17(10-8-16)19(21)13-22-20(24)11-6-15-4-3-5-18(12-15)23(25)26/h3-5,7-10,12,14,19H,6,11,13,21H2,1-2H3,(H,22,24). The SMILES string of the molecule is CC(C)c1ccc(C(N)CNC(=O)CCc2cccc([N+](=O)[O-])c2)cc1. The molecule has 0 heterocycles. The van der Waals surface area contributed by atoms with E-state index in [2.05, 4.69) is 31.3 Å². The summed E-state index contributed by atoms with van der Waals surface area (Å²) in [6.07, 6.45) is 0.714. The molecule has 6 heteroatoms. The molecule has 0 aliphatic carbocycles. The highest BCUT2D eigenvalue weighted by molar-refractivity contribution is 5.76. The van der Waals surface area contributed by atoms with Crippen molar-refractivity contribution >= 4 is 11.6 Å². The van der Waals surface area contributed by atoms with Gasteiger partial charge < -0.3 is 11.1 Å². The van der Waals surface area contributed by atoms with Crippen molar-refractivity contribution in [2.24, 2.45) is 5.73 Å². The molecule has 1 atom stereocenters. The maximum absolute atomic E-state index is 12.0. The van der Waals surface area contributed by atoms with Crippen LogP contribution in [-0.4, -0.2) is 17.4 Å². The fraction of sp³-hybridized carbons (Fsp3) is 0.350. The third-order valence-corrected chi connectivity index (χ3v) is 4.31. The largest absolute Gasteiger partial charge is 0.354 e. The van der Waals surface area contributed by atoms with Crippen LogP contribution in [0.1, 0.15) is 48.9 Å². The van der Waals surface area contributed by atoms with Gasteiger partial charge >= 0.3 is 0 Å². The van der Waals surface area contributed by atoms with Gasteiger partial charge in [0.1, 0.15) is 0 Å². The van der Waals surface area contributed by atoms with E-state index in [9.17, 15) is 14.9 Å². The first-order valence-corrected chi connectivity index (χ1v) is 8.72. The molecule has 0 saturated heterocycles. The Balaban J connectivity index is 1.81. The highest BCUT2D eigenvalue weighted by Gasteiger charge is 2.10. The summed E-state index contributed by atoms with van der Waals surface area (Å²) in [7, 11) is 0. The van der Waals surface area contributed by atoms with Crippen LogP contribution in [0.15, 0.2) is 48.5 Å². The van der Waals surface area contributed by atoms with Gasteiger partial charge in [0.15, 0.2) is 0 Å². The first kappa shape index (κ1) is 19.6. The van der Waals surface area contributed by atoms with Gasteiger partial charge in [-0.3, -0.25) is 14.9 Å². The molecule has 3 N–H and O–H groups in total. The number of nitro benzene ring substituents is 1. The third-order valence-electron chi connectivity index (χ3n) is 4.31. The molecule has 0 saturated carbocycles. The Bertz CT molecular complexity index is 757. The zero-order chi connectivity index (χ0) is 19.1. The van der Waals surface area contributed by atoms with Gasteiger partial charge in [-0.15, -0.1) is 0 Å². The number of nitrogens with two attached hydrogens (primary N) is 1. The van der Waals surface area contributed by atoms with Crippen LogP contribution in [-0.2, 0) is 11.2 Å². The maximum Gasteiger partial charge on any atom is 0.269 e. The minimum absolute atomic E-state index is 0.0368. The molecule has 26 heavy (non-hydrogen) atoms. The van der Waals surface area contributed by atoms with Crippen molar-refractivity contribution in [3.05, 3.63) is 75.3 Å². The smallest absolute Gasteiger partial charge is 0.269 e. The Morgan fingerprint density at radius 3 is 2.42 bits per heavy atom. The van der Waals surface area contributed by atoms with Crippen LogP contribution < -0.4 is 11.1 Å². The van der Waals surface area contributed by atoms with E-state index in [1.165, 1.54) is 17.7 Å². The summed E-state index contributed by atoms with van der Waals surface area (Å²) in [6.45, 7) is 4.63. The molecule has 0 aliphatic heterocycles. The highest BCUT2D eigenvalue weighted by Crippen LogP contribution is 2.17. The molecular formula is C20H25N3O3. The van der Waals surface area contributed by atoms with E-state index < -0.39 is 4.92 Å². The molecule has 2 aromatic carbocycles. The van der Waals surface area contributed by atoms with Gasteiger partial charge in [0.25, 0.3) is 5.69 Å². The highest BCUT2D eigenvalue weighted by atomic mass is 16.6. The van der Waals surface area contributed by atoms with Gasteiger partial charge in [0.05, 0.1) is 4.92 Å². The van der Waals surface area contributed by atoms with Gasteiger partial charge in [0, 0.05) is 31.1 Å². The van der Waals surface area contributed by atoms with E-state index in [4.69, 9.17) is 5.73 Å². The molecule has 1 unspecified atom stereocenters. The zero-order valence-corrected chi connectivity index (χ0v) is 15.1. The second kappa shape index (κ2) is 9.10. The Labute approximate surface area is 153 Å². The minimum Gasteiger partial charge on any atom is -0.354 e. The third kappa shape index (κ3) is 5.67. The lowest BCUT2D eigenvalue weighted by atomic mass is 9.99. The molecule has 2 rings (SSSR count). The number of hydrogen-bond acceptors (Lipinski definition) is 4. The first-order chi connectivity index (χ1) is 12.4. The number of hydrogen-bond donors (Lipinski definition) is 2. The lowest BCUT2D eigenvalue weighted by Gasteiger charge is -2.14. The van der Waals surface area contributed by atoms with Crippen molar-refractivity contribution in [2.75, 3.05) is 6.54 Å². The number of aryl methyl sites for hydroxylation is 1. The molecule has 2 aromatic rings. The van der Waals surface area contributed by atoms with Gasteiger partial charge in [-0.25, -0.2) is 0 Å². The van der Waals surface area contributed by atoms with Crippen LogP contribution in [0.2, 0.25) is 0 Å². The summed E-state index contributed by atoms with van der Waals surface area (Å²) in [5.74, 6) is 0.347. The van der Waals surface area contributed by atoms with Crippen LogP contribution >= 0.6 is 0 Å².